The summed E-state index contributed by atoms with van der Waals surface area (Å²) in [5.41, 5.74) is 5.64. The van der Waals surface area contributed by atoms with E-state index in [1.54, 1.807) is 23.1 Å². The average molecular weight is 354 g/mol. The molecule has 1 aliphatic rings. The van der Waals surface area contributed by atoms with E-state index in [9.17, 15) is 4.79 Å². The molecule has 1 heterocycles. The molecular weight excluding hydrogens is 335 g/mol. The van der Waals surface area contributed by atoms with Crippen LogP contribution in [-0.2, 0) is 4.79 Å². The number of likely N-dealkylation sites (tertiary alicyclic amines) is 1. The molecule has 0 aliphatic carbocycles. The Morgan fingerprint density at radius 3 is 2.81 bits per heavy atom. The summed E-state index contributed by atoms with van der Waals surface area (Å²) in [7, 11) is 0. The van der Waals surface area contributed by atoms with Crippen molar-refractivity contribution in [1.82, 2.24) is 4.90 Å². The predicted octanol–water partition coefficient (Wildman–Crippen LogP) is 3.13. The van der Waals surface area contributed by atoms with Crippen LogP contribution in [-0.4, -0.2) is 36.0 Å². The van der Waals surface area contributed by atoms with Gasteiger partial charge in [-0.1, -0.05) is 23.2 Å². The highest BCUT2D eigenvalue weighted by atomic mass is 35.5. The second-order valence-electron chi connectivity index (χ2n) is 5.13. The Morgan fingerprint density at radius 2 is 2.19 bits per heavy atom. The molecule has 2 N–H and O–H groups in total. The number of halogens is 3. The van der Waals surface area contributed by atoms with Crippen LogP contribution in [0.3, 0.4) is 0 Å². The molecule has 118 valence electrons. The van der Waals surface area contributed by atoms with Gasteiger partial charge in [0.05, 0.1) is 16.6 Å². The van der Waals surface area contributed by atoms with Gasteiger partial charge in [0.25, 0.3) is 0 Å². The van der Waals surface area contributed by atoms with Crippen LogP contribution in [0.2, 0.25) is 10.0 Å². The molecule has 1 saturated heterocycles. The third kappa shape index (κ3) is 5.22. The largest absolute Gasteiger partial charge is 0.488 e. The first-order valence-electron chi connectivity index (χ1n) is 6.60. The number of amides is 1. The average Bonchev–Trinajstić information content (AvgIpc) is 2.82. The quantitative estimate of drug-likeness (QED) is 0.905. The maximum atomic E-state index is 11.9. The van der Waals surface area contributed by atoms with Gasteiger partial charge in [-0.2, -0.15) is 0 Å². The minimum absolute atomic E-state index is 0. The third-order valence-electron chi connectivity index (χ3n) is 3.19. The first-order chi connectivity index (χ1) is 9.45. The molecular formula is C14H19Cl3N2O2. The fourth-order valence-corrected chi connectivity index (χ4v) is 2.49. The van der Waals surface area contributed by atoms with Crippen molar-refractivity contribution in [2.45, 2.75) is 31.9 Å². The molecule has 1 aromatic rings. The number of hydrogen-bond acceptors (Lipinski definition) is 3. The van der Waals surface area contributed by atoms with Crippen molar-refractivity contribution in [1.29, 1.82) is 0 Å². The SMILES string of the molecule is CC(N)CC(=O)N1CCC(Oc2ccc(Cl)c(Cl)c2)C1.Cl. The van der Waals surface area contributed by atoms with Crippen LogP contribution >= 0.6 is 35.6 Å². The van der Waals surface area contributed by atoms with Crippen molar-refractivity contribution in [2.24, 2.45) is 5.73 Å². The normalized spacial score (nSPS) is 19.0. The van der Waals surface area contributed by atoms with Gasteiger partial charge in [0, 0.05) is 31.5 Å². The summed E-state index contributed by atoms with van der Waals surface area (Å²) in [6.07, 6.45) is 1.18. The van der Waals surface area contributed by atoms with Crippen molar-refractivity contribution in [2.75, 3.05) is 13.1 Å². The molecule has 0 saturated carbocycles. The predicted molar refractivity (Wildman–Crippen MR) is 87.6 cm³/mol. The van der Waals surface area contributed by atoms with Gasteiger partial charge in [-0.3, -0.25) is 4.79 Å². The maximum absolute atomic E-state index is 11.9. The fourth-order valence-electron chi connectivity index (χ4n) is 2.20. The molecule has 0 aromatic heterocycles. The number of hydrogen-bond donors (Lipinski definition) is 1. The summed E-state index contributed by atoms with van der Waals surface area (Å²) >= 11 is 11.8. The molecule has 1 aromatic carbocycles. The van der Waals surface area contributed by atoms with Crippen LogP contribution in [0.5, 0.6) is 5.75 Å². The smallest absolute Gasteiger partial charge is 0.224 e. The molecule has 0 bridgehead atoms. The van der Waals surface area contributed by atoms with E-state index in [0.717, 1.165) is 6.42 Å². The van der Waals surface area contributed by atoms with Gasteiger partial charge in [-0.25, -0.2) is 0 Å². The first-order valence-corrected chi connectivity index (χ1v) is 7.36. The number of benzene rings is 1. The lowest BCUT2D eigenvalue weighted by Crippen LogP contribution is -2.34. The van der Waals surface area contributed by atoms with Crippen LogP contribution < -0.4 is 10.5 Å². The van der Waals surface area contributed by atoms with Crippen LogP contribution in [0.15, 0.2) is 18.2 Å². The first kappa shape index (κ1) is 18.4. The minimum Gasteiger partial charge on any atom is -0.488 e. The number of ether oxygens (including phenoxy) is 1. The van der Waals surface area contributed by atoms with Gasteiger partial charge in [0.15, 0.2) is 0 Å². The Bertz CT molecular complexity index is 497. The van der Waals surface area contributed by atoms with E-state index in [-0.39, 0.29) is 30.5 Å². The maximum Gasteiger partial charge on any atom is 0.224 e. The zero-order chi connectivity index (χ0) is 14.7. The topological polar surface area (TPSA) is 55.6 Å². The Kier molecular flexibility index (Phi) is 7.07. The lowest BCUT2D eigenvalue weighted by atomic mass is 10.2. The molecule has 0 spiro atoms. The van der Waals surface area contributed by atoms with E-state index in [0.29, 0.717) is 35.3 Å². The van der Waals surface area contributed by atoms with Crippen molar-refractivity contribution in [3.63, 3.8) is 0 Å². The van der Waals surface area contributed by atoms with Gasteiger partial charge in [-0.15, -0.1) is 12.4 Å². The highest BCUT2D eigenvalue weighted by Gasteiger charge is 2.27. The summed E-state index contributed by atoms with van der Waals surface area (Å²) in [5.74, 6) is 0.756. The Labute approximate surface area is 140 Å². The molecule has 1 amide bonds. The van der Waals surface area contributed by atoms with Crippen molar-refractivity contribution in [3.8, 4) is 5.75 Å². The van der Waals surface area contributed by atoms with E-state index in [1.165, 1.54) is 0 Å². The van der Waals surface area contributed by atoms with Crippen molar-refractivity contribution in [3.05, 3.63) is 28.2 Å². The molecule has 2 atom stereocenters. The standard InChI is InChI=1S/C14H18Cl2N2O2.ClH/c1-9(17)6-14(19)18-5-4-11(8-18)20-10-2-3-12(15)13(16)7-10;/h2-3,7,9,11H,4-6,8,17H2,1H3;1H. The van der Waals surface area contributed by atoms with E-state index in [4.69, 9.17) is 33.7 Å². The van der Waals surface area contributed by atoms with Gasteiger partial charge < -0.3 is 15.4 Å². The number of nitrogens with two attached hydrogens (primary N) is 1. The molecule has 2 unspecified atom stereocenters. The van der Waals surface area contributed by atoms with Crippen LogP contribution in [0.1, 0.15) is 19.8 Å². The third-order valence-corrected chi connectivity index (χ3v) is 3.93. The van der Waals surface area contributed by atoms with Crippen LogP contribution in [0, 0.1) is 0 Å². The van der Waals surface area contributed by atoms with E-state index >= 15 is 0 Å². The summed E-state index contributed by atoms with van der Waals surface area (Å²) in [6, 6.07) is 5.06. The Morgan fingerprint density at radius 1 is 1.48 bits per heavy atom. The molecule has 7 heteroatoms. The molecule has 1 fully saturated rings. The van der Waals surface area contributed by atoms with Gasteiger partial charge in [0.2, 0.25) is 5.91 Å². The second-order valence-corrected chi connectivity index (χ2v) is 5.94. The zero-order valence-corrected chi connectivity index (χ0v) is 14.0. The number of nitrogens with zero attached hydrogens (tertiary/aromatic N) is 1. The summed E-state index contributed by atoms with van der Waals surface area (Å²) in [6.45, 7) is 3.13. The fraction of sp³-hybridized carbons (Fsp3) is 0.500. The highest BCUT2D eigenvalue weighted by Crippen LogP contribution is 2.28. The van der Waals surface area contributed by atoms with Crippen molar-refractivity contribution >= 4 is 41.5 Å². The molecule has 21 heavy (non-hydrogen) atoms. The van der Waals surface area contributed by atoms with Gasteiger partial charge >= 0.3 is 0 Å². The molecule has 0 radical (unpaired) electrons. The monoisotopic (exact) mass is 352 g/mol. The number of rotatable bonds is 4. The van der Waals surface area contributed by atoms with Gasteiger partial charge in [-0.05, 0) is 19.1 Å². The summed E-state index contributed by atoms with van der Waals surface area (Å²) < 4.78 is 5.83. The van der Waals surface area contributed by atoms with E-state index in [1.807, 2.05) is 6.92 Å². The number of carbonyl (C=O) groups is 1. The van der Waals surface area contributed by atoms with Crippen LogP contribution in [0.4, 0.5) is 0 Å². The minimum atomic E-state index is -0.113. The number of carbonyl (C=O) groups excluding carboxylic acids is 1. The summed E-state index contributed by atoms with van der Waals surface area (Å²) in [4.78, 5) is 13.7. The Hall–Kier alpha value is -0.680. The van der Waals surface area contributed by atoms with E-state index in [2.05, 4.69) is 0 Å². The van der Waals surface area contributed by atoms with Crippen molar-refractivity contribution < 1.29 is 9.53 Å². The lowest BCUT2D eigenvalue weighted by molar-refractivity contribution is -0.130. The zero-order valence-electron chi connectivity index (χ0n) is 11.7. The van der Waals surface area contributed by atoms with E-state index < -0.39 is 0 Å². The van der Waals surface area contributed by atoms with Gasteiger partial charge in [0.1, 0.15) is 11.9 Å². The highest BCUT2D eigenvalue weighted by molar-refractivity contribution is 6.42. The molecule has 4 nitrogen and oxygen atoms in total. The van der Waals surface area contributed by atoms with Crippen LogP contribution in [0.25, 0.3) is 0 Å². The molecule has 1 aliphatic heterocycles. The summed E-state index contributed by atoms with van der Waals surface area (Å²) in [5, 5.41) is 0.964. The lowest BCUT2D eigenvalue weighted by Gasteiger charge is -2.18. The second kappa shape index (κ2) is 8.08. The molecule has 2 rings (SSSR count). The Balaban J connectivity index is 0.00000220.